The molecule has 1 atom stereocenters. The topological polar surface area (TPSA) is 59.2 Å². The van der Waals surface area contributed by atoms with Crippen molar-refractivity contribution in [1.82, 2.24) is 15.0 Å². The Kier molecular flexibility index (Phi) is 6.20. The van der Waals surface area contributed by atoms with Crippen LogP contribution in [0, 0.1) is 0 Å². The highest BCUT2D eigenvalue weighted by atomic mass is 16.5. The fourth-order valence-electron chi connectivity index (χ4n) is 3.41. The molecule has 1 aliphatic heterocycles. The van der Waals surface area contributed by atoms with Gasteiger partial charge in [0.1, 0.15) is 6.04 Å². The number of likely N-dealkylation sites (tertiary alicyclic amines) is 1. The lowest BCUT2D eigenvalue weighted by molar-refractivity contribution is -0.135. The van der Waals surface area contributed by atoms with Crippen molar-refractivity contribution < 1.29 is 9.32 Å². The predicted octanol–water partition coefficient (Wildman–Crippen LogP) is 4.76. The zero-order chi connectivity index (χ0) is 17.5. The third kappa shape index (κ3) is 4.47. The van der Waals surface area contributed by atoms with Gasteiger partial charge in [-0.1, -0.05) is 61.7 Å². The molecule has 2 aromatic rings. The van der Waals surface area contributed by atoms with Crippen LogP contribution in [0.1, 0.15) is 70.2 Å². The predicted molar refractivity (Wildman–Crippen MR) is 96.8 cm³/mol. The van der Waals surface area contributed by atoms with Gasteiger partial charge in [0.2, 0.25) is 17.6 Å². The van der Waals surface area contributed by atoms with Crippen LogP contribution in [-0.2, 0) is 4.79 Å². The zero-order valence-corrected chi connectivity index (χ0v) is 15.0. The van der Waals surface area contributed by atoms with E-state index in [0.29, 0.717) is 18.1 Å². The Morgan fingerprint density at radius 2 is 2.04 bits per heavy atom. The molecule has 1 amide bonds. The molecule has 0 N–H and O–H groups in total. The number of hydrogen-bond acceptors (Lipinski definition) is 4. The maximum Gasteiger partial charge on any atom is 0.249 e. The Balaban J connectivity index is 1.68. The molecule has 0 spiro atoms. The molecule has 5 heteroatoms. The van der Waals surface area contributed by atoms with E-state index in [1.54, 1.807) is 0 Å². The third-order valence-corrected chi connectivity index (χ3v) is 4.83. The number of hydrogen-bond donors (Lipinski definition) is 0. The lowest BCUT2D eigenvalue weighted by Gasteiger charge is -2.33. The fraction of sp³-hybridized carbons (Fsp3) is 0.550. The smallest absolute Gasteiger partial charge is 0.249 e. The Hall–Kier alpha value is -2.17. The van der Waals surface area contributed by atoms with Gasteiger partial charge in [0.15, 0.2) is 0 Å². The zero-order valence-electron chi connectivity index (χ0n) is 15.0. The van der Waals surface area contributed by atoms with Crippen LogP contribution in [0.3, 0.4) is 0 Å². The van der Waals surface area contributed by atoms with Gasteiger partial charge in [0, 0.05) is 18.5 Å². The molecule has 134 valence electrons. The second-order valence-electron chi connectivity index (χ2n) is 6.73. The fourth-order valence-corrected chi connectivity index (χ4v) is 3.41. The summed E-state index contributed by atoms with van der Waals surface area (Å²) in [6.45, 7) is 2.97. The second kappa shape index (κ2) is 8.79. The van der Waals surface area contributed by atoms with Crippen LogP contribution in [0.25, 0.3) is 11.4 Å². The summed E-state index contributed by atoms with van der Waals surface area (Å²) in [4.78, 5) is 19.2. The first-order chi connectivity index (χ1) is 12.3. The molecule has 0 saturated carbocycles. The van der Waals surface area contributed by atoms with E-state index in [1.807, 2.05) is 35.2 Å². The van der Waals surface area contributed by atoms with E-state index in [4.69, 9.17) is 4.52 Å². The number of carbonyl (C=O) groups is 1. The molecule has 2 heterocycles. The Morgan fingerprint density at radius 3 is 2.84 bits per heavy atom. The summed E-state index contributed by atoms with van der Waals surface area (Å²) in [5, 5.41) is 4.12. The van der Waals surface area contributed by atoms with Gasteiger partial charge in [-0.25, -0.2) is 0 Å². The summed E-state index contributed by atoms with van der Waals surface area (Å²) in [5.41, 5.74) is 0.936. The Morgan fingerprint density at radius 1 is 1.20 bits per heavy atom. The van der Waals surface area contributed by atoms with Crippen molar-refractivity contribution in [3.8, 4) is 11.4 Å². The number of nitrogens with zero attached hydrogens (tertiary/aromatic N) is 3. The standard InChI is InChI=1S/C20H27N3O2/c1-2-3-4-8-14-18(24)23-15-10-9-13-17(23)20-21-19(22-25-20)16-11-6-5-7-12-16/h5-7,11-12,17H,2-4,8-10,13-15H2,1H3/t17-/m1/s1. The molecule has 1 fully saturated rings. The van der Waals surface area contributed by atoms with Gasteiger partial charge in [0.05, 0.1) is 0 Å². The molecule has 1 aromatic heterocycles. The van der Waals surface area contributed by atoms with E-state index in [1.165, 1.54) is 12.8 Å². The van der Waals surface area contributed by atoms with Gasteiger partial charge >= 0.3 is 0 Å². The molecular formula is C20H27N3O2. The lowest BCUT2D eigenvalue weighted by Crippen LogP contribution is -2.38. The SMILES string of the molecule is CCCCCCC(=O)N1CCCC[C@@H]1c1nc(-c2ccccc2)no1. The van der Waals surface area contributed by atoms with Crippen molar-refractivity contribution in [3.05, 3.63) is 36.2 Å². The summed E-state index contributed by atoms with van der Waals surface area (Å²) in [6.07, 6.45) is 8.14. The van der Waals surface area contributed by atoms with Crippen LogP contribution in [0.5, 0.6) is 0 Å². The first-order valence-corrected chi connectivity index (χ1v) is 9.48. The monoisotopic (exact) mass is 341 g/mol. The molecule has 0 bridgehead atoms. The van der Waals surface area contributed by atoms with Crippen molar-refractivity contribution in [2.75, 3.05) is 6.54 Å². The molecule has 5 nitrogen and oxygen atoms in total. The number of unbranched alkanes of at least 4 members (excludes halogenated alkanes) is 3. The van der Waals surface area contributed by atoms with Gasteiger partial charge < -0.3 is 9.42 Å². The van der Waals surface area contributed by atoms with Crippen molar-refractivity contribution in [2.24, 2.45) is 0 Å². The number of benzene rings is 1. The lowest BCUT2D eigenvalue weighted by atomic mass is 10.0. The number of carbonyl (C=O) groups excluding carboxylic acids is 1. The van der Waals surface area contributed by atoms with Gasteiger partial charge in [-0.2, -0.15) is 4.98 Å². The van der Waals surface area contributed by atoms with Crippen LogP contribution in [-0.4, -0.2) is 27.5 Å². The molecule has 25 heavy (non-hydrogen) atoms. The highest BCUT2D eigenvalue weighted by Gasteiger charge is 2.31. The van der Waals surface area contributed by atoms with E-state index >= 15 is 0 Å². The van der Waals surface area contributed by atoms with Crippen LogP contribution < -0.4 is 0 Å². The highest BCUT2D eigenvalue weighted by Crippen LogP contribution is 2.31. The molecule has 1 saturated heterocycles. The average molecular weight is 341 g/mol. The molecule has 3 rings (SSSR count). The largest absolute Gasteiger partial charge is 0.337 e. The number of rotatable bonds is 7. The average Bonchev–Trinajstić information content (AvgIpc) is 3.16. The normalized spacial score (nSPS) is 17.6. The summed E-state index contributed by atoms with van der Waals surface area (Å²) in [6, 6.07) is 9.73. The summed E-state index contributed by atoms with van der Waals surface area (Å²) in [7, 11) is 0. The summed E-state index contributed by atoms with van der Waals surface area (Å²) in [5.74, 6) is 1.39. The number of amides is 1. The minimum atomic E-state index is -0.0719. The highest BCUT2D eigenvalue weighted by molar-refractivity contribution is 5.76. The Labute approximate surface area is 149 Å². The van der Waals surface area contributed by atoms with Crippen molar-refractivity contribution in [2.45, 2.75) is 64.3 Å². The first kappa shape index (κ1) is 17.6. The minimum absolute atomic E-state index is 0.0719. The van der Waals surface area contributed by atoms with Crippen LogP contribution in [0.15, 0.2) is 34.9 Å². The molecule has 1 aliphatic rings. The van der Waals surface area contributed by atoms with Gasteiger partial charge in [0.25, 0.3) is 0 Å². The maximum absolute atomic E-state index is 12.7. The number of piperidine rings is 1. The van der Waals surface area contributed by atoms with E-state index in [2.05, 4.69) is 17.1 Å². The van der Waals surface area contributed by atoms with E-state index < -0.39 is 0 Å². The molecule has 1 aromatic carbocycles. The maximum atomic E-state index is 12.7. The molecule has 0 unspecified atom stereocenters. The summed E-state index contributed by atoms with van der Waals surface area (Å²) >= 11 is 0. The Bertz CT molecular complexity index is 669. The minimum Gasteiger partial charge on any atom is -0.337 e. The molecule has 0 radical (unpaired) electrons. The van der Waals surface area contributed by atoms with Crippen LogP contribution in [0.4, 0.5) is 0 Å². The van der Waals surface area contributed by atoms with E-state index in [0.717, 1.165) is 44.2 Å². The van der Waals surface area contributed by atoms with Crippen molar-refractivity contribution in [1.29, 1.82) is 0 Å². The van der Waals surface area contributed by atoms with Crippen LogP contribution >= 0.6 is 0 Å². The summed E-state index contributed by atoms with van der Waals surface area (Å²) < 4.78 is 5.53. The van der Waals surface area contributed by atoms with Gasteiger partial charge in [-0.15, -0.1) is 0 Å². The molecular weight excluding hydrogens is 314 g/mol. The van der Waals surface area contributed by atoms with E-state index in [-0.39, 0.29) is 11.9 Å². The second-order valence-corrected chi connectivity index (χ2v) is 6.73. The first-order valence-electron chi connectivity index (χ1n) is 9.48. The van der Waals surface area contributed by atoms with Crippen LogP contribution in [0.2, 0.25) is 0 Å². The van der Waals surface area contributed by atoms with E-state index in [9.17, 15) is 4.79 Å². The van der Waals surface area contributed by atoms with Gasteiger partial charge in [-0.05, 0) is 25.7 Å². The quantitative estimate of drug-likeness (QED) is 0.681. The van der Waals surface area contributed by atoms with Gasteiger partial charge in [-0.3, -0.25) is 4.79 Å². The third-order valence-electron chi connectivity index (χ3n) is 4.83. The van der Waals surface area contributed by atoms with Crippen molar-refractivity contribution in [3.63, 3.8) is 0 Å². The number of aromatic nitrogens is 2. The molecule has 0 aliphatic carbocycles. The van der Waals surface area contributed by atoms with Crippen molar-refractivity contribution >= 4 is 5.91 Å².